The maximum atomic E-state index is 14.2. The summed E-state index contributed by atoms with van der Waals surface area (Å²) in [5, 5.41) is 0. The average molecular weight is 354 g/mol. The highest BCUT2D eigenvalue weighted by atomic mass is 19.1. The van der Waals surface area contributed by atoms with Crippen LogP contribution in [0.5, 0.6) is 5.75 Å². The number of amides is 1. The van der Waals surface area contributed by atoms with Gasteiger partial charge in [-0.1, -0.05) is 18.2 Å². The zero-order chi connectivity index (χ0) is 18.1. The van der Waals surface area contributed by atoms with E-state index in [1.54, 1.807) is 19.2 Å². The molecule has 4 rings (SSSR count). The molecule has 0 spiro atoms. The fraction of sp³-hybridized carbons (Fsp3) is 0.381. The SMILES string of the molecule is COc1ccc(N2CCN(C(=O)C3(c4ccccc4F)CC3)CC2)cc1. The van der Waals surface area contributed by atoms with Crippen molar-refractivity contribution in [3.8, 4) is 5.75 Å². The summed E-state index contributed by atoms with van der Waals surface area (Å²) in [6.07, 6.45) is 1.48. The molecule has 0 atom stereocenters. The van der Waals surface area contributed by atoms with Gasteiger partial charge in [-0.05, 0) is 43.2 Å². The lowest BCUT2D eigenvalue weighted by Crippen LogP contribution is -2.51. The van der Waals surface area contributed by atoms with Crippen molar-refractivity contribution in [2.75, 3.05) is 38.2 Å². The Balaban J connectivity index is 1.43. The number of anilines is 1. The van der Waals surface area contributed by atoms with Crippen molar-refractivity contribution in [1.82, 2.24) is 4.90 Å². The van der Waals surface area contributed by atoms with Gasteiger partial charge in [0.25, 0.3) is 0 Å². The van der Waals surface area contributed by atoms with Gasteiger partial charge in [-0.3, -0.25) is 4.79 Å². The van der Waals surface area contributed by atoms with Gasteiger partial charge in [-0.25, -0.2) is 4.39 Å². The van der Waals surface area contributed by atoms with Crippen molar-refractivity contribution in [3.63, 3.8) is 0 Å². The molecule has 0 N–H and O–H groups in total. The number of carbonyl (C=O) groups excluding carboxylic acids is 1. The first-order chi connectivity index (χ1) is 12.6. The largest absolute Gasteiger partial charge is 0.497 e. The monoisotopic (exact) mass is 354 g/mol. The van der Waals surface area contributed by atoms with Crippen LogP contribution in [0.1, 0.15) is 18.4 Å². The summed E-state index contributed by atoms with van der Waals surface area (Å²) in [7, 11) is 1.66. The number of ether oxygens (including phenoxy) is 1. The second kappa shape index (κ2) is 6.63. The molecular formula is C21H23FN2O2. The van der Waals surface area contributed by atoms with E-state index in [4.69, 9.17) is 4.74 Å². The number of halogens is 1. The Bertz CT molecular complexity index is 794. The van der Waals surface area contributed by atoms with Crippen LogP contribution in [-0.2, 0) is 10.2 Å². The molecule has 0 aromatic heterocycles. The third-order valence-electron chi connectivity index (χ3n) is 5.55. The first-order valence-electron chi connectivity index (χ1n) is 9.07. The molecule has 1 saturated heterocycles. The molecule has 136 valence electrons. The minimum absolute atomic E-state index is 0.0805. The average Bonchev–Trinajstić information content (AvgIpc) is 3.50. The number of hydrogen-bond donors (Lipinski definition) is 0. The highest BCUT2D eigenvalue weighted by Crippen LogP contribution is 2.50. The smallest absolute Gasteiger partial charge is 0.233 e. The Morgan fingerprint density at radius 2 is 1.65 bits per heavy atom. The maximum Gasteiger partial charge on any atom is 0.233 e. The Morgan fingerprint density at radius 3 is 2.23 bits per heavy atom. The number of hydrogen-bond acceptors (Lipinski definition) is 3. The summed E-state index contributed by atoms with van der Waals surface area (Å²) in [5.41, 5.74) is 1.06. The lowest BCUT2D eigenvalue weighted by molar-refractivity contribution is -0.134. The molecule has 1 amide bonds. The number of piperazine rings is 1. The van der Waals surface area contributed by atoms with Crippen LogP contribution in [0.2, 0.25) is 0 Å². The van der Waals surface area contributed by atoms with Gasteiger partial charge in [0.05, 0.1) is 12.5 Å². The minimum Gasteiger partial charge on any atom is -0.497 e. The maximum absolute atomic E-state index is 14.2. The summed E-state index contributed by atoms with van der Waals surface area (Å²) in [5.74, 6) is 0.648. The number of methoxy groups -OCH3 is 1. The van der Waals surface area contributed by atoms with Gasteiger partial charge in [0.1, 0.15) is 11.6 Å². The van der Waals surface area contributed by atoms with Gasteiger partial charge < -0.3 is 14.5 Å². The van der Waals surface area contributed by atoms with Gasteiger partial charge in [0.15, 0.2) is 0 Å². The van der Waals surface area contributed by atoms with Gasteiger partial charge in [0, 0.05) is 37.4 Å². The fourth-order valence-electron chi connectivity index (χ4n) is 3.84. The molecule has 0 bridgehead atoms. The van der Waals surface area contributed by atoms with E-state index in [0.717, 1.165) is 37.4 Å². The fourth-order valence-corrected chi connectivity index (χ4v) is 3.84. The predicted molar refractivity (Wildman–Crippen MR) is 99.1 cm³/mol. The molecule has 2 aromatic rings. The number of nitrogens with zero attached hydrogens (tertiary/aromatic N) is 2. The highest BCUT2D eigenvalue weighted by Gasteiger charge is 2.54. The molecule has 2 aromatic carbocycles. The van der Waals surface area contributed by atoms with E-state index in [2.05, 4.69) is 4.90 Å². The summed E-state index contributed by atoms with van der Waals surface area (Å²) < 4.78 is 19.4. The van der Waals surface area contributed by atoms with Crippen molar-refractivity contribution in [3.05, 3.63) is 59.9 Å². The highest BCUT2D eigenvalue weighted by molar-refractivity contribution is 5.91. The summed E-state index contributed by atoms with van der Waals surface area (Å²) in [4.78, 5) is 17.3. The van der Waals surface area contributed by atoms with Crippen LogP contribution in [0, 0.1) is 5.82 Å². The zero-order valence-electron chi connectivity index (χ0n) is 15.0. The number of carbonyl (C=O) groups is 1. The van der Waals surface area contributed by atoms with E-state index < -0.39 is 5.41 Å². The Labute approximate surface area is 153 Å². The molecule has 0 unspecified atom stereocenters. The van der Waals surface area contributed by atoms with Gasteiger partial charge in [-0.2, -0.15) is 0 Å². The standard InChI is InChI=1S/C21H23FN2O2/c1-26-17-8-6-16(7-9-17)23-12-14-24(15-13-23)20(25)21(10-11-21)18-4-2-3-5-19(18)22/h2-9H,10-15H2,1H3. The predicted octanol–water partition coefficient (Wildman–Crippen LogP) is 3.21. The second-order valence-corrected chi connectivity index (χ2v) is 7.04. The molecule has 1 saturated carbocycles. The summed E-state index contributed by atoms with van der Waals surface area (Å²) in [6.45, 7) is 2.90. The molecule has 1 heterocycles. The lowest BCUT2D eigenvalue weighted by Gasteiger charge is -2.38. The third kappa shape index (κ3) is 2.91. The zero-order valence-corrected chi connectivity index (χ0v) is 15.0. The van der Waals surface area contributed by atoms with E-state index in [-0.39, 0.29) is 11.7 Å². The molecule has 2 aliphatic rings. The lowest BCUT2D eigenvalue weighted by atomic mass is 9.93. The molecule has 0 radical (unpaired) electrons. The first kappa shape index (κ1) is 16.9. The number of rotatable bonds is 4. The normalized spacial score (nSPS) is 18.5. The molecular weight excluding hydrogens is 331 g/mol. The minimum atomic E-state index is -0.631. The molecule has 4 nitrogen and oxygen atoms in total. The van der Waals surface area contributed by atoms with E-state index in [1.165, 1.54) is 6.07 Å². The van der Waals surface area contributed by atoms with Crippen LogP contribution < -0.4 is 9.64 Å². The van der Waals surface area contributed by atoms with E-state index in [1.807, 2.05) is 35.2 Å². The van der Waals surface area contributed by atoms with E-state index >= 15 is 0 Å². The van der Waals surface area contributed by atoms with Crippen LogP contribution in [0.4, 0.5) is 10.1 Å². The van der Waals surface area contributed by atoms with Crippen LogP contribution in [-0.4, -0.2) is 44.1 Å². The van der Waals surface area contributed by atoms with E-state index in [9.17, 15) is 9.18 Å². The van der Waals surface area contributed by atoms with Crippen LogP contribution >= 0.6 is 0 Å². The second-order valence-electron chi connectivity index (χ2n) is 7.04. The van der Waals surface area contributed by atoms with Crippen molar-refractivity contribution in [1.29, 1.82) is 0 Å². The molecule has 5 heteroatoms. The van der Waals surface area contributed by atoms with Crippen LogP contribution in [0.15, 0.2) is 48.5 Å². The Morgan fingerprint density at radius 1 is 1.00 bits per heavy atom. The third-order valence-corrected chi connectivity index (χ3v) is 5.55. The van der Waals surface area contributed by atoms with Crippen molar-refractivity contribution < 1.29 is 13.9 Å². The van der Waals surface area contributed by atoms with Gasteiger partial charge in [0.2, 0.25) is 5.91 Å². The van der Waals surface area contributed by atoms with Crippen molar-refractivity contribution in [2.45, 2.75) is 18.3 Å². The van der Waals surface area contributed by atoms with Crippen molar-refractivity contribution >= 4 is 11.6 Å². The van der Waals surface area contributed by atoms with Gasteiger partial charge >= 0.3 is 0 Å². The summed E-state index contributed by atoms with van der Waals surface area (Å²) >= 11 is 0. The molecule has 1 aliphatic carbocycles. The molecule has 1 aliphatic heterocycles. The Hall–Kier alpha value is -2.56. The topological polar surface area (TPSA) is 32.8 Å². The Kier molecular flexibility index (Phi) is 4.31. The molecule has 26 heavy (non-hydrogen) atoms. The van der Waals surface area contributed by atoms with Crippen LogP contribution in [0.25, 0.3) is 0 Å². The van der Waals surface area contributed by atoms with Gasteiger partial charge in [-0.15, -0.1) is 0 Å². The first-order valence-corrected chi connectivity index (χ1v) is 9.07. The number of benzene rings is 2. The van der Waals surface area contributed by atoms with Crippen LogP contribution in [0.3, 0.4) is 0 Å². The molecule has 2 fully saturated rings. The quantitative estimate of drug-likeness (QED) is 0.845. The van der Waals surface area contributed by atoms with E-state index in [0.29, 0.717) is 18.7 Å². The summed E-state index contributed by atoms with van der Waals surface area (Å²) in [6, 6.07) is 14.7. The van der Waals surface area contributed by atoms with Crippen molar-refractivity contribution in [2.24, 2.45) is 0 Å².